The second-order valence-electron chi connectivity index (χ2n) is 3.68. The Balaban J connectivity index is 2.63. The summed E-state index contributed by atoms with van der Waals surface area (Å²) in [5.41, 5.74) is 7.56. The molecule has 0 aliphatic heterocycles. The van der Waals surface area contributed by atoms with Gasteiger partial charge in [-0.3, -0.25) is 4.79 Å². The first-order valence-corrected chi connectivity index (χ1v) is 5.00. The Morgan fingerprint density at radius 2 is 2.18 bits per heavy atom. The summed E-state index contributed by atoms with van der Waals surface area (Å²) in [6.07, 6.45) is 0. The lowest BCUT2D eigenvalue weighted by Gasteiger charge is -2.18. The van der Waals surface area contributed by atoms with E-state index in [1.54, 1.807) is 12.1 Å². The lowest BCUT2D eigenvalue weighted by atomic mass is 10.1. The van der Waals surface area contributed by atoms with Gasteiger partial charge < -0.3 is 9.84 Å². The maximum Gasteiger partial charge on any atom is 0.320 e. The minimum Gasteiger partial charge on any atom is -0.460 e. The molecule has 0 radical (unpaired) electrons. The fourth-order valence-electron chi connectivity index (χ4n) is 1.11. The highest BCUT2D eigenvalue weighted by molar-refractivity contribution is 5.80. The third-order valence-electron chi connectivity index (χ3n) is 2.23. The number of carbonyl (C=O) groups is 1. The highest BCUT2D eigenvalue weighted by Crippen LogP contribution is 2.13. The third-order valence-corrected chi connectivity index (χ3v) is 2.23. The average Bonchev–Trinajstić information content (AvgIpc) is 2.37. The van der Waals surface area contributed by atoms with Crippen LogP contribution in [-0.2, 0) is 16.1 Å². The average molecular weight is 235 g/mol. The molecule has 1 aromatic rings. The van der Waals surface area contributed by atoms with Crippen molar-refractivity contribution in [1.82, 2.24) is 0 Å². The van der Waals surface area contributed by atoms with E-state index in [4.69, 9.17) is 15.4 Å². The molecule has 0 spiro atoms. The number of rotatable bonds is 5. The van der Waals surface area contributed by atoms with Crippen molar-refractivity contribution in [2.45, 2.75) is 19.1 Å². The quantitative estimate of drug-likeness (QED) is 0.364. The fraction of sp³-hybridized carbons (Fsp3) is 0.364. The number of esters is 1. The van der Waals surface area contributed by atoms with Crippen LogP contribution in [0.3, 0.4) is 0 Å². The molecule has 1 aromatic carbocycles. The van der Waals surface area contributed by atoms with Crippen molar-refractivity contribution in [3.05, 3.63) is 46.3 Å². The molecule has 1 rings (SSSR count). The summed E-state index contributed by atoms with van der Waals surface area (Å²) in [4.78, 5) is 14.1. The SMILES string of the molecule is C[C@@](CO)(N=[N+]=[N-])C(=O)OCc1ccccc1. The van der Waals surface area contributed by atoms with Crippen molar-refractivity contribution in [3.63, 3.8) is 0 Å². The molecule has 0 saturated heterocycles. The lowest BCUT2D eigenvalue weighted by Crippen LogP contribution is -2.38. The minimum atomic E-state index is -1.57. The minimum absolute atomic E-state index is 0.0796. The van der Waals surface area contributed by atoms with Gasteiger partial charge in [0.05, 0.1) is 6.61 Å². The number of aliphatic hydroxyl groups is 1. The first kappa shape index (κ1) is 13.0. The van der Waals surface area contributed by atoms with Crippen molar-refractivity contribution in [2.75, 3.05) is 6.61 Å². The number of aliphatic hydroxyl groups excluding tert-OH is 1. The van der Waals surface area contributed by atoms with E-state index in [1.807, 2.05) is 18.2 Å². The van der Waals surface area contributed by atoms with Gasteiger partial charge in [-0.25, -0.2) is 0 Å². The first-order chi connectivity index (χ1) is 8.12. The van der Waals surface area contributed by atoms with Gasteiger partial charge in [0.15, 0.2) is 5.54 Å². The Labute approximate surface area is 98.5 Å². The van der Waals surface area contributed by atoms with Crippen LogP contribution in [0.2, 0.25) is 0 Å². The monoisotopic (exact) mass is 235 g/mol. The van der Waals surface area contributed by atoms with Gasteiger partial charge >= 0.3 is 5.97 Å². The predicted molar refractivity (Wildman–Crippen MR) is 60.9 cm³/mol. The van der Waals surface area contributed by atoms with Gasteiger partial charge in [-0.15, -0.1) is 0 Å². The molecule has 6 nitrogen and oxygen atoms in total. The number of nitrogens with zero attached hydrogens (tertiary/aromatic N) is 3. The van der Waals surface area contributed by atoms with E-state index in [1.165, 1.54) is 6.92 Å². The molecule has 17 heavy (non-hydrogen) atoms. The van der Waals surface area contributed by atoms with Crippen LogP contribution in [0.5, 0.6) is 0 Å². The fourth-order valence-corrected chi connectivity index (χ4v) is 1.11. The highest BCUT2D eigenvalue weighted by atomic mass is 16.5. The summed E-state index contributed by atoms with van der Waals surface area (Å²) >= 11 is 0. The Morgan fingerprint density at radius 1 is 1.53 bits per heavy atom. The van der Waals surface area contributed by atoms with Crippen LogP contribution >= 0.6 is 0 Å². The predicted octanol–water partition coefficient (Wildman–Crippen LogP) is 1.79. The molecule has 0 fully saturated rings. The van der Waals surface area contributed by atoms with E-state index in [9.17, 15) is 4.79 Å². The van der Waals surface area contributed by atoms with Crippen LogP contribution in [-0.4, -0.2) is 23.2 Å². The number of hydrogen-bond donors (Lipinski definition) is 1. The number of carbonyl (C=O) groups excluding carboxylic acids is 1. The lowest BCUT2D eigenvalue weighted by molar-refractivity contribution is -0.152. The van der Waals surface area contributed by atoms with Gasteiger partial charge in [0.1, 0.15) is 6.61 Å². The summed E-state index contributed by atoms with van der Waals surface area (Å²) < 4.78 is 4.97. The molecule has 0 aromatic heterocycles. The number of benzene rings is 1. The summed E-state index contributed by atoms with van der Waals surface area (Å²) in [7, 11) is 0. The Hall–Kier alpha value is -2.04. The smallest absolute Gasteiger partial charge is 0.320 e. The summed E-state index contributed by atoms with van der Waals surface area (Å²) in [5, 5.41) is 12.3. The van der Waals surface area contributed by atoms with Gasteiger partial charge in [0, 0.05) is 4.91 Å². The van der Waals surface area contributed by atoms with Crippen LogP contribution in [0, 0.1) is 0 Å². The van der Waals surface area contributed by atoms with Crippen LogP contribution in [0.15, 0.2) is 35.4 Å². The van der Waals surface area contributed by atoms with Crippen LogP contribution in [0.4, 0.5) is 0 Å². The Bertz CT molecular complexity index is 429. The molecular weight excluding hydrogens is 222 g/mol. The zero-order valence-electron chi connectivity index (χ0n) is 9.41. The molecule has 0 bridgehead atoms. The van der Waals surface area contributed by atoms with Crippen LogP contribution in [0.1, 0.15) is 12.5 Å². The maximum atomic E-state index is 11.6. The van der Waals surface area contributed by atoms with Crippen LogP contribution in [0.25, 0.3) is 10.4 Å². The van der Waals surface area contributed by atoms with Crippen LogP contribution < -0.4 is 0 Å². The van der Waals surface area contributed by atoms with E-state index in [2.05, 4.69) is 10.0 Å². The van der Waals surface area contributed by atoms with Crippen molar-refractivity contribution in [2.24, 2.45) is 5.11 Å². The van der Waals surface area contributed by atoms with Gasteiger partial charge in [-0.05, 0) is 18.0 Å². The standard InChI is InChI=1S/C11H13N3O3/c1-11(8-15,13-14-12)10(16)17-7-9-5-3-2-4-6-9/h2-6,15H,7-8H2,1H3/t11-/m0/s1. The van der Waals surface area contributed by atoms with Crippen molar-refractivity contribution < 1.29 is 14.6 Å². The summed E-state index contributed by atoms with van der Waals surface area (Å²) in [6.45, 7) is 0.806. The molecule has 6 heteroatoms. The second kappa shape index (κ2) is 5.89. The van der Waals surface area contributed by atoms with E-state index >= 15 is 0 Å². The van der Waals surface area contributed by atoms with Crippen molar-refractivity contribution in [3.8, 4) is 0 Å². The van der Waals surface area contributed by atoms with E-state index in [0.717, 1.165) is 5.56 Å². The van der Waals surface area contributed by atoms with Gasteiger partial charge in [-0.2, -0.15) is 0 Å². The van der Waals surface area contributed by atoms with E-state index in [0.29, 0.717) is 0 Å². The molecule has 0 saturated carbocycles. The summed E-state index contributed by atoms with van der Waals surface area (Å²) in [6, 6.07) is 9.10. The third kappa shape index (κ3) is 3.48. The molecule has 0 aliphatic carbocycles. The molecule has 0 heterocycles. The normalized spacial score (nSPS) is 13.3. The summed E-state index contributed by atoms with van der Waals surface area (Å²) in [5.74, 6) is -0.748. The van der Waals surface area contributed by atoms with E-state index < -0.39 is 18.1 Å². The molecule has 90 valence electrons. The maximum absolute atomic E-state index is 11.6. The molecular formula is C11H13N3O3. The Morgan fingerprint density at radius 3 is 2.71 bits per heavy atom. The number of hydrogen-bond acceptors (Lipinski definition) is 4. The molecule has 1 atom stereocenters. The number of ether oxygens (including phenoxy) is 1. The first-order valence-electron chi connectivity index (χ1n) is 5.00. The zero-order chi connectivity index (χ0) is 12.7. The van der Waals surface area contributed by atoms with Crippen molar-refractivity contribution in [1.29, 1.82) is 0 Å². The molecule has 1 N–H and O–H groups in total. The van der Waals surface area contributed by atoms with Crippen molar-refractivity contribution >= 4 is 5.97 Å². The Kier molecular flexibility index (Phi) is 4.51. The van der Waals surface area contributed by atoms with Gasteiger partial charge in [-0.1, -0.05) is 35.4 Å². The van der Waals surface area contributed by atoms with E-state index in [-0.39, 0.29) is 6.61 Å². The number of azide groups is 1. The van der Waals surface area contributed by atoms with Gasteiger partial charge in [0.25, 0.3) is 0 Å². The second-order valence-corrected chi connectivity index (χ2v) is 3.68. The molecule has 0 aliphatic rings. The topological polar surface area (TPSA) is 95.3 Å². The highest BCUT2D eigenvalue weighted by Gasteiger charge is 2.33. The molecule has 0 unspecified atom stereocenters. The van der Waals surface area contributed by atoms with Gasteiger partial charge in [0.2, 0.25) is 0 Å². The molecule has 0 amide bonds. The zero-order valence-corrected chi connectivity index (χ0v) is 9.41. The largest absolute Gasteiger partial charge is 0.460 e.